The van der Waals surface area contributed by atoms with Gasteiger partial charge in [-0.1, -0.05) is 30.3 Å². The molecule has 2 amide bonds. The molecule has 0 spiro atoms. The highest BCUT2D eigenvalue weighted by atomic mass is 16.6. The van der Waals surface area contributed by atoms with Gasteiger partial charge in [0.2, 0.25) is 5.89 Å². The van der Waals surface area contributed by atoms with Crippen LogP contribution in [0.25, 0.3) is 22.6 Å². The zero-order chi connectivity index (χ0) is 21.7. The topological polar surface area (TPSA) is 107 Å². The molecule has 5 rings (SSSR count). The molecule has 4 aromatic rings. The van der Waals surface area contributed by atoms with E-state index < -0.39 is 11.0 Å². The third-order valence-corrected chi connectivity index (χ3v) is 5.42. The van der Waals surface area contributed by atoms with E-state index in [1.54, 1.807) is 18.2 Å². The maximum absolute atomic E-state index is 13.1. The van der Waals surface area contributed by atoms with Crippen molar-refractivity contribution in [2.75, 3.05) is 0 Å². The Morgan fingerprint density at radius 3 is 2.45 bits per heavy atom. The summed E-state index contributed by atoms with van der Waals surface area (Å²) in [5.74, 6) is -0.519. The normalized spacial score (nSPS) is 14.2. The zero-order valence-electron chi connectivity index (χ0n) is 16.3. The van der Waals surface area contributed by atoms with Gasteiger partial charge in [-0.3, -0.25) is 24.6 Å². The first-order valence-corrected chi connectivity index (χ1v) is 9.56. The maximum atomic E-state index is 13.1. The molecule has 0 aliphatic carbocycles. The molecule has 0 N–H and O–H groups in total. The van der Waals surface area contributed by atoms with Crippen LogP contribution in [0.4, 0.5) is 5.69 Å². The quantitative estimate of drug-likeness (QED) is 0.271. The molecule has 1 aliphatic rings. The van der Waals surface area contributed by atoms with Crippen LogP contribution in [0.3, 0.4) is 0 Å². The van der Waals surface area contributed by atoms with Crippen LogP contribution >= 0.6 is 0 Å². The number of oxazole rings is 1. The number of carbonyl (C=O) groups excluding carboxylic acids is 2. The molecule has 0 saturated carbocycles. The zero-order valence-corrected chi connectivity index (χ0v) is 16.3. The molecule has 1 aliphatic heterocycles. The number of benzene rings is 3. The lowest BCUT2D eigenvalue weighted by Gasteiger charge is -2.22. The fourth-order valence-electron chi connectivity index (χ4n) is 3.78. The molecule has 0 fully saturated rings. The molecular weight excluding hydrogens is 398 g/mol. The van der Waals surface area contributed by atoms with E-state index in [1.807, 2.05) is 37.3 Å². The second-order valence-corrected chi connectivity index (χ2v) is 7.26. The highest BCUT2D eigenvalue weighted by molar-refractivity contribution is 6.22. The van der Waals surface area contributed by atoms with Gasteiger partial charge in [-0.25, -0.2) is 4.98 Å². The summed E-state index contributed by atoms with van der Waals surface area (Å²) >= 11 is 0. The number of hydrogen-bond donors (Lipinski definition) is 0. The summed E-state index contributed by atoms with van der Waals surface area (Å²) in [6.45, 7) is 1.81. The van der Waals surface area contributed by atoms with Gasteiger partial charge in [0, 0.05) is 11.6 Å². The van der Waals surface area contributed by atoms with Crippen molar-refractivity contribution in [3.63, 3.8) is 0 Å². The van der Waals surface area contributed by atoms with Gasteiger partial charge in [-0.2, -0.15) is 0 Å². The molecule has 0 radical (unpaired) electrons. The Bertz CT molecular complexity index is 1380. The molecule has 31 heavy (non-hydrogen) atoms. The number of nitro benzene ring substituents is 1. The summed E-state index contributed by atoms with van der Waals surface area (Å²) in [6, 6.07) is 17.9. The lowest BCUT2D eigenvalue weighted by atomic mass is 10.1. The summed E-state index contributed by atoms with van der Waals surface area (Å²) in [5, 5.41) is 11.0. The Hall–Kier alpha value is -4.33. The van der Waals surface area contributed by atoms with Crippen molar-refractivity contribution in [2.24, 2.45) is 0 Å². The second-order valence-electron chi connectivity index (χ2n) is 7.26. The average Bonchev–Trinajstić information content (AvgIpc) is 3.32. The molecule has 8 heteroatoms. The number of fused-ring (bicyclic) bond motifs is 2. The van der Waals surface area contributed by atoms with Crippen LogP contribution in [0.15, 0.2) is 71.1 Å². The van der Waals surface area contributed by atoms with Crippen LogP contribution in [0.1, 0.15) is 39.2 Å². The van der Waals surface area contributed by atoms with Gasteiger partial charge in [0.1, 0.15) is 5.52 Å². The molecule has 2 heterocycles. The summed E-state index contributed by atoms with van der Waals surface area (Å²) < 4.78 is 5.68. The third kappa shape index (κ3) is 2.96. The SMILES string of the molecule is CC(c1ccccc1)N1C(=O)c2ccc(-c3nc4ccc([N+](=O)[O-])cc4o3)cc2C1=O. The standard InChI is InChI=1S/C23H15N3O5/c1-13(14-5-3-2-4-6-14)25-22(27)17-9-7-15(11-18(17)23(25)28)21-24-19-10-8-16(26(29)30)12-20(19)31-21/h2-13H,1H3. The molecule has 8 nitrogen and oxygen atoms in total. The van der Waals surface area contributed by atoms with Gasteiger partial charge in [0.05, 0.1) is 28.2 Å². The number of amides is 2. The van der Waals surface area contributed by atoms with Crippen molar-refractivity contribution < 1.29 is 18.9 Å². The molecule has 3 aromatic carbocycles. The van der Waals surface area contributed by atoms with E-state index >= 15 is 0 Å². The fraction of sp³-hybridized carbons (Fsp3) is 0.0870. The van der Waals surface area contributed by atoms with Crippen LogP contribution in [-0.2, 0) is 0 Å². The van der Waals surface area contributed by atoms with Crippen LogP contribution in [-0.4, -0.2) is 26.6 Å². The summed E-state index contributed by atoms with van der Waals surface area (Å²) in [4.78, 5) is 42.1. The summed E-state index contributed by atoms with van der Waals surface area (Å²) in [6.07, 6.45) is 0. The Kier molecular flexibility index (Phi) is 4.14. The summed E-state index contributed by atoms with van der Waals surface area (Å²) in [7, 11) is 0. The van der Waals surface area contributed by atoms with Gasteiger partial charge in [0.25, 0.3) is 17.5 Å². The first-order valence-electron chi connectivity index (χ1n) is 9.56. The Labute approximate surface area is 175 Å². The van der Waals surface area contributed by atoms with Gasteiger partial charge < -0.3 is 4.42 Å². The Balaban J connectivity index is 1.52. The average molecular weight is 413 g/mol. The smallest absolute Gasteiger partial charge is 0.273 e. The van der Waals surface area contributed by atoms with Crippen molar-refractivity contribution in [2.45, 2.75) is 13.0 Å². The van der Waals surface area contributed by atoms with Gasteiger partial charge in [-0.05, 0) is 36.8 Å². The lowest BCUT2D eigenvalue weighted by Crippen LogP contribution is -2.32. The highest BCUT2D eigenvalue weighted by Gasteiger charge is 2.39. The molecule has 0 bridgehead atoms. The second kappa shape index (κ2) is 6.88. The number of hydrogen-bond acceptors (Lipinski definition) is 6. The highest BCUT2D eigenvalue weighted by Crippen LogP contribution is 2.34. The van der Waals surface area contributed by atoms with Crippen LogP contribution in [0, 0.1) is 10.1 Å². The number of aromatic nitrogens is 1. The van der Waals surface area contributed by atoms with Crippen LogP contribution in [0.5, 0.6) is 0 Å². The molecule has 152 valence electrons. The van der Waals surface area contributed by atoms with Gasteiger partial charge >= 0.3 is 0 Å². The van der Waals surface area contributed by atoms with Crippen LogP contribution in [0.2, 0.25) is 0 Å². The number of carbonyl (C=O) groups is 2. The Morgan fingerprint density at radius 2 is 1.71 bits per heavy atom. The predicted molar refractivity (Wildman–Crippen MR) is 111 cm³/mol. The lowest BCUT2D eigenvalue weighted by molar-refractivity contribution is -0.384. The minimum atomic E-state index is -0.510. The predicted octanol–water partition coefficient (Wildman–Crippen LogP) is 4.76. The molecule has 0 saturated heterocycles. The van der Waals surface area contributed by atoms with E-state index in [1.165, 1.54) is 23.1 Å². The number of nitro groups is 1. The summed E-state index contributed by atoms with van der Waals surface area (Å²) in [5.41, 5.74) is 2.59. The number of rotatable bonds is 4. The van der Waals surface area contributed by atoms with Crippen molar-refractivity contribution in [1.29, 1.82) is 0 Å². The van der Waals surface area contributed by atoms with E-state index in [4.69, 9.17) is 4.42 Å². The van der Waals surface area contributed by atoms with E-state index in [0.29, 0.717) is 16.6 Å². The van der Waals surface area contributed by atoms with Crippen molar-refractivity contribution in [3.8, 4) is 11.5 Å². The third-order valence-electron chi connectivity index (χ3n) is 5.42. The van der Waals surface area contributed by atoms with E-state index in [-0.39, 0.29) is 34.5 Å². The fourth-order valence-corrected chi connectivity index (χ4v) is 3.78. The molecule has 1 atom stereocenters. The monoisotopic (exact) mass is 413 g/mol. The Morgan fingerprint density at radius 1 is 0.968 bits per heavy atom. The van der Waals surface area contributed by atoms with E-state index in [9.17, 15) is 19.7 Å². The van der Waals surface area contributed by atoms with E-state index in [0.717, 1.165) is 5.56 Å². The first-order chi connectivity index (χ1) is 14.9. The van der Waals surface area contributed by atoms with Gasteiger partial charge in [0.15, 0.2) is 5.58 Å². The molecular formula is C23H15N3O5. The van der Waals surface area contributed by atoms with Gasteiger partial charge in [-0.15, -0.1) is 0 Å². The minimum Gasteiger partial charge on any atom is -0.436 e. The van der Waals surface area contributed by atoms with Crippen LogP contribution < -0.4 is 0 Å². The van der Waals surface area contributed by atoms with Crippen molar-refractivity contribution in [1.82, 2.24) is 9.88 Å². The first kappa shape index (κ1) is 18.7. The minimum absolute atomic E-state index is 0.101. The number of nitrogens with zero attached hydrogens (tertiary/aromatic N) is 3. The molecule has 1 unspecified atom stereocenters. The van der Waals surface area contributed by atoms with Crippen molar-refractivity contribution in [3.05, 3.63) is 93.5 Å². The maximum Gasteiger partial charge on any atom is 0.273 e. The van der Waals surface area contributed by atoms with Crippen molar-refractivity contribution >= 4 is 28.6 Å². The number of non-ortho nitro benzene ring substituents is 1. The largest absolute Gasteiger partial charge is 0.436 e. The number of imide groups is 1. The molecule has 1 aromatic heterocycles. The van der Waals surface area contributed by atoms with E-state index in [2.05, 4.69) is 4.98 Å².